The van der Waals surface area contributed by atoms with Gasteiger partial charge in [-0.1, -0.05) is 20.8 Å². The Morgan fingerprint density at radius 2 is 1.88 bits per heavy atom. The fourth-order valence-corrected chi connectivity index (χ4v) is 1.39. The second-order valence-corrected chi connectivity index (χ2v) is 4.34. The molecule has 5 heteroatoms. The zero-order valence-corrected chi connectivity index (χ0v) is 9.14. The molecule has 1 aromatic carbocycles. The van der Waals surface area contributed by atoms with E-state index in [1.54, 1.807) is 20.8 Å². The number of rotatable bonds is 1. The van der Waals surface area contributed by atoms with Crippen LogP contribution in [0, 0.1) is 11.6 Å². The van der Waals surface area contributed by atoms with Crippen molar-refractivity contribution in [2.45, 2.75) is 26.2 Å². The average Bonchev–Trinajstić information content (AvgIpc) is 2.07. The summed E-state index contributed by atoms with van der Waals surface area (Å²) >= 11 is 0. The molecular formula is C11H11F2O3-. The van der Waals surface area contributed by atoms with E-state index in [1.165, 1.54) is 0 Å². The van der Waals surface area contributed by atoms with Gasteiger partial charge in [-0.3, -0.25) is 0 Å². The normalized spacial score (nSPS) is 11.3. The predicted octanol–water partition coefficient (Wildman–Crippen LogP) is 1.98. The van der Waals surface area contributed by atoms with E-state index >= 15 is 0 Å². The molecule has 0 atom stereocenters. The molecule has 0 aliphatic carbocycles. The van der Waals surface area contributed by atoms with Crippen LogP contribution in [0.1, 0.15) is 26.3 Å². The van der Waals surface area contributed by atoms with Crippen molar-refractivity contribution in [1.82, 2.24) is 0 Å². The van der Waals surface area contributed by atoms with Crippen molar-refractivity contribution < 1.29 is 23.4 Å². The highest BCUT2D eigenvalue weighted by Gasteiger charge is 2.24. The van der Waals surface area contributed by atoms with Gasteiger partial charge in [0.2, 0.25) is 0 Å². The number of hydrogen-bond donors (Lipinski definition) is 0. The second-order valence-electron chi connectivity index (χ2n) is 4.34. The lowest BCUT2D eigenvalue weighted by Crippen LogP contribution is -2.27. The summed E-state index contributed by atoms with van der Waals surface area (Å²) in [7, 11) is 0. The molecule has 0 radical (unpaired) electrons. The van der Waals surface area contributed by atoms with Crippen LogP contribution in [0.15, 0.2) is 12.1 Å². The van der Waals surface area contributed by atoms with Gasteiger partial charge in [-0.25, -0.2) is 8.78 Å². The van der Waals surface area contributed by atoms with Gasteiger partial charge in [-0.05, 0) is 17.5 Å². The van der Waals surface area contributed by atoms with Gasteiger partial charge in [0.1, 0.15) is 5.82 Å². The van der Waals surface area contributed by atoms with E-state index in [-0.39, 0.29) is 5.56 Å². The number of ether oxygens (including phenoxy) is 1. The van der Waals surface area contributed by atoms with Gasteiger partial charge in [0, 0.05) is 5.56 Å². The summed E-state index contributed by atoms with van der Waals surface area (Å²) in [6.45, 7) is 4.83. The Bertz CT molecular complexity index is 422. The number of benzene rings is 1. The van der Waals surface area contributed by atoms with Crippen LogP contribution in [0.25, 0.3) is 0 Å². The van der Waals surface area contributed by atoms with Gasteiger partial charge in [-0.2, -0.15) is 0 Å². The van der Waals surface area contributed by atoms with Crippen molar-refractivity contribution in [2.75, 3.05) is 0 Å². The number of carbonyl (C=O) groups excluding carboxylic acids is 1. The summed E-state index contributed by atoms with van der Waals surface area (Å²) in [6.07, 6.45) is -1.88. The van der Waals surface area contributed by atoms with Gasteiger partial charge in [0.05, 0.1) is 5.75 Å². The highest BCUT2D eigenvalue weighted by molar-refractivity contribution is 5.59. The maximum absolute atomic E-state index is 13.7. The van der Waals surface area contributed by atoms with E-state index in [0.717, 1.165) is 12.1 Å². The second kappa shape index (κ2) is 4.08. The largest absolute Gasteiger partial charge is 0.511 e. The molecule has 0 heterocycles. The maximum Gasteiger partial charge on any atom is 0.257 e. The molecule has 88 valence electrons. The summed E-state index contributed by atoms with van der Waals surface area (Å²) in [6, 6.07) is 1.87. The molecule has 16 heavy (non-hydrogen) atoms. The molecule has 0 saturated carbocycles. The van der Waals surface area contributed by atoms with Crippen LogP contribution in [0.3, 0.4) is 0 Å². The Balaban J connectivity index is 3.33. The van der Waals surface area contributed by atoms with Crippen LogP contribution < -0.4 is 9.84 Å². The molecule has 0 saturated heterocycles. The van der Waals surface area contributed by atoms with Crippen molar-refractivity contribution in [1.29, 1.82) is 0 Å². The molecule has 1 rings (SSSR count). The summed E-state index contributed by atoms with van der Waals surface area (Å²) in [4.78, 5) is 10.2. The maximum atomic E-state index is 13.7. The Hall–Kier alpha value is -1.65. The molecule has 0 fully saturated rings. The molecule has 3 nitrogen and oxygen atoms in total. The highest BCUT2D eigenvalue weighted by Crippen LogP contribution is 2.32. The summed E-state index contributed by atoms with van der Waals surface area (Å²) < 4.78 is 31.2. The first-order valence-corrected chi connectivity index (χ1v) is 4.61. The molecular weight excluding hydrogens is 218 g/mol. The fraction of sp³-hybridized carbons (Fsp3) is 0.364. The SMILES string of the molecule is CC(C)(C)c1c(F)ccc(OC(=O)[O-])c1F. The number of halogens is 2. The minimum atomic E-state index is -1.88. The van der Waals surface area contributed by atoms with Crippen LogP contribution in [-0.4, -0.2) is 6.16 Å². The lowest BCUT2D eigenvalue weighted by atomic mass is 9.86. The van der Waals surface area contributed by atoms with Crippen molar-refractivity contribution >= 4 is 6.16 Å². The molecule has 0 bridgehead atoms. The van der Waals surface area contributed by atoms with E-state index in [9.17, 15) is 18.7 Å². The van der Waals surface area contributed by atoms with Crippen molar-refractivity contribution in [2.24, 2.45) is 0 Å². The molecule has 0 aliphatic heterocycles. The van der Waals surface area contributed by atoms with Gasteiger partial charge < -0.3 is 14.6 Å². The van der Waals surface area contributed by atoms with Crippen LogP contribution in [-0.2, 0) is 5.41 Å². The van der Waals surface area contributed by atoms with Crippen LogP contribution in [0.5, 0.6) is 5.75 Å². The third kappa shape index (κ3) is 2.48. The van der Waals surface area contributed by atoms with Gasteiger partial charge >= 0.3 is 0 Å². The monoisotopic (exact) mass is 229 g/mol. The Morgan fingerprint density at radius 3 is 2.31 bits per heavy atom. The molecule has 0 N–H and O–H groups in total. The molecule has 0 aromatic heterocycles. The molecule has 0 unspecified atom stereocenters. The quantitative estimate of drug-likeness (QED) is 0.546. The standard InChI is InChI=1S/C11H12F2O3/c1-11(2,3)8-6(12)4-5-7(9(8)13)16-10(14)15/h4-5H,1-3H3,(H,14,15)/p-1. The van der Waals surface area contributed by atoms with E-state index in [2.05, 4.69) is 4.74 Å². The minimum absolute atomic E-state index is 0.216. The molecule has 0 amide bonds. The van der Waals surface area contributed by atoms with Gasteiger partial charge in [-0.15, -0.1) is 0 Å². The average molecular weight is 229 g/mol. The predicted molar refractivity (Wildman–Crippen MR) is 51.1 cm³/mol. The minimum Gasteiger partial charge on any atom is -0.511 e. The number of carbonyl (C=O) groups is 1. The smallest absolute Gasteiger partial charge is 0.257 e. The Kier molecular flexibility index (Phi) is 3.16. The van der Waals surface area contributed by atoms with E-state index < -0.39 is 29.0 Å². The fourth-order valence-electron chi connectivity index (χ4n) is 1.39. The first kappa shape index (κ1) is 12.4. The lowest BCUT2D eigenvalue weighted by molar-refractivity contribution is -0.271. The van der Waals surface area contributed by atoms with E-state index in [1.807, 2.05) is 0 Å². The molecule has 0 aliphatic rings. The van der Waals surface area contributed by atoms with Crippen molar-refractivity contribution in [3.05, 3.63) is 29.3 Å². The summed E-state index contributed by atoms with van der Waals surface area (Å²) in [5, 5.41) is 10.2. The Morgan fingerprint density at radius 1 is 1.31 bits per heavy atom. The Labute approximate surface area is 91.7 Å². The zero-order valence-electron chi connectivity index (χ0n) is 9.14. The van der Waals surface area contributed by atoms with Crippen molar-refractivity contribution in [3.8, 4) is 5.75 Å². The molecule has 1 aromatic rings. The topological polar surface area (TPSA) is 49.4 Å². The van der Waals surface area contributed by atoms with Gasteiger partial charge in [0.15, 0.2) is 5.82 Å². The van der Waals surface area contributed by atoms with E-state index in [4.69, 9.17) is 0 Å². The first-order valence-electron chi connectivity index (χ1n) is 4.61. The lowest BCUT2D eigenvalue weighted by Gasteiger charge is -2.22. The highest BCUT2D eigenvalue weighted by atomic mass is 19.1. The number of carboxylic acid groups (broad SMARTS) is 1. The third-order valence-electron chi connectivity index (χ3n) is 2.00. The van der Waals surface area contributed by atoms with Crippen LogP contribution >= 0.6 is 0 Å². The van der Waals surface area contributed by atoms with E-state index in [0.29, 0.717) is 0 Å². The zero-order chi connectivity index (χ0) is 12.5. The first-order chi connectivity index (χ1) is 7.23. The van der Waals surface area contributed by atoms with Gasteiger partial charge in [0.25, 0.3) is 6.16 Å². The van der Waals surface area contributed by atoms with Crippen LogP contribution in [0.2, 0.25) is 0 Å². The third-order valence-corrected chi connectivity index (χ3v) is 2.00. The van der Waals surface area contributed by atoms with Crippen molar-refractivity contribution in [3.63, 3.8) is 0 Å². The number of hydrogen-bond acceptors (Lipinski definition) is 3. The van der Waals surface area contributed by atoms with Crippen LogP contribution in [0.4, 0.5) is 13.6 Å². The summed E-state index contributed by atoms with van der Waals surface area (Å²) in [5.74, 6) is -2.31. The summed E-state index contributed by atoms with van der Waals surface area (Å²) in [5.41, 5.74) is -1.01. The molecule has 0 spiro atoms.